The summed E-state index contributed by atoms with van der Waals surface area (Å²) in [4.78, 5) is 11.8. The van der Waals surface area contributed by atoms with E-state index in [1.165, 1.54) is 0 Å². The van der Waals surface area contributed by atoms with Crippen molar-refractivity contribution >= 4 is 39.5 Å². The van der Waals surface area contributed by atoms with Crippen molar-refractivity contribution in [3.8, 4) is 5.69 Å². The highest BCUT2D eigenvalue weighted by molar-refractivity contribution is 6.37. The average molecular weight is 483 g/mol. The molecule has 2 aliphatic heterocycles. The van der Waals surface area contributed by atoms with Gasteiger partial charge >= 0.3 is 0 Å². The topological polar surface area (TPSA) is 120 Å². The van der Waals surface area contributed by atoms with Gasteiger partial charge in [-0.25, -0.2) is 14.6 Å². The lowest BCUT2D eigenvalue weighted by molar-refractivity contribution is 0.0973. The molecule has 2 saturated heterocycles. The predicted molar refractivity (Wildman–Crippen MR) is 129 cm³/mol. The molecule has 0 bridgehead atoms. The first-order valence-electron chi connectivity index (χ1n) is 11.5. The Labute approximate surface area is 201 Å². The van der Waals surface area contributed by atoms with Crippen LogP contribution in [0.2, 0.25) is 5.02 Å². The summed E-state index contributed by atoms with van der Waals surface area (Å²) in [6.45, 7) is 4.10. The summed E-state index contributed by atoms with van der Waals surface area (Å²) in [6, 6.07) is 3.89. The molecule has 0 unspecified atom stereocenters. The molecule has 1 spiro atoms. The highest BCUT2D eigenvalue weighted by Gasteiger charge is 2.47. The number of hydrogen-bond acceptors (Lipinski definition) is 8. The SMILES string of the molecule is C[C@@H]1OCC2(CCN(c3nc4cnn(-c5ccc6cn(C)nc6c5Cl)c4nc3CO)CC2)[C@@H]1N. The van der Waals surface area contributed by atoms with E-state index < -0.39 is 0 Å². The highest BCUT2D eigenvalue weighted by Crippen LogP contribution is 2.42. The third kappa shape index (κ3) is 3.20. The van der Waals surface area contributed by atoms with Crippen molar-refractivity contribution in [1.29, 1.82) is 0 Å². The molecular weight excluding hydrogens is 456 g/mol. The molecule has 0 radical (unpaired) electrons. The molecule has 2 aliphatic rings. The summed E-state index contributed by atoms with van der Waals surface area (Å²) in [7, 11) is 1.86. The van der Waals surface area contributed by atoms with Gasteiger partial charge in [0.1, 0.15) is 16.7 Å². The molecule has 178 valence electrons. The van der Waals surface area contributed by atoms with Gasteiger partial charge in [-0.3, -0.25) is 4.68 Å². The quantitative estimate of drug-likeness (QED) is 0.456. The summed E-state index contributed by atoms with van der Waals surface area (Å²) in [5.74, 6) is 0.691. The summed E-state index contributed by atoms with van der Waals surface area (Å²) < 4.78 is 9.23. The molecule has 0 saturated carbocycles. The van der Waals surface area contributed by atoms with E-state index in [9.17, 15) is 5.11 Å². The minimum Gasteiger partial charge on any atom is -0.390 e. The van der Waals surface area contributed by atoms with E-state index in [4.69, 9.17) is 32.0 Å². The highest BCUT2D eigenvalue weighted by atomic mass is 35.5. The maximum atomic E-state index is 10.2. The zero-order chi connectivity index (χ0) is 23.6. The van der Waals surface area contributed by atoms with Crippen molar-refractivity contribution in [2.24, 2.45) is 18.2 Å². The number of piperidine rings is 1. The zero-order valence-corrected chi connectivity index (χ0v) is 19.9. The molecule has 2 atom stereocenters. The maximum absolute atomic E-state index is 10.2. The smallest absolute Gasteiger partial charge is 0.182 e. The molecule has 10 nitrogen and oxygen atoms in total. The van der Waals surface area contributed by atoms with E-state index in [1.807, 2.05) is 32.3 Å². The van der Waals surface area contributed by atoms with Crippen molar-refractivity contribution in [2.45, 2.75) is 38.5 Å². The van der Waals surface area contributed by atoms with Crippen molar-refractivity contribution in [1.82, 2.24) is 29.5 Å². The van der Waals surface area contributed by atoms with Crippen LogP contribution < -0.4 is 10.6 Å². The monoisotopic (exact) mass is 482 g/mol. The number of anilines is 1. The number of halogens is 1. The van der Waals surface area contributed by atoms with E-state index in [-0.39, 0.29) is 24.2 Å². The Morgan fingerprint density at radius 3 is 2.76 bits per heavy atom. The summed E-state index contributed by atoms with van der Waals surface area (Å²) >= 11 is 6.69. The van der Waals surface area contributed by atoms with Crippen LogP contribution in [0.3, 0.4) is 0 Å². The lowest BCUT2D eigenvalue weighted by Crippen LogP contribution is -2.51. The van der Waals surface area contributed by atoms with Crippen molar-refractivity contribution in [2.75, 3.05) is 24.6 Å². The summed E-state index contributed by atoms with van der Waals surface area (Å²) in [5, 5.41) is 20.6. The third-order valence-electron chi connectivity index (χ3n) is 7.44. The molecule has 1 aromatic carbocycles. The largest absolute Gasteiger partial charge is 0.390 e. The van der Waals surface area contributed by atoms with Crippen LogP contribution in [0.1, 0.15) is 25.5 Å². The van der Waals surface area contributed by atoms with Crippen molar-refractivity contribution < 1.29 is 9.84 Å². The van der Waals surface area contributed by atoms with Gasteiger partial charge in [-0.15, -0.1) is 0 Å². The van der Waals surface area contributed by atoms with Gasteiger partial charge in [0.05, 0.1) is 36.2 Å². The Morgan fingerprint density at radius 1 is 1.26 bits per heavy atom. The van der Waals surface area contributed by atoms with Gasteiger partial charge in [0.2, 0.25) is 0 Å². The number of nitrogens with zero attached hydrogens (tertiary/aromatic N) is 7. The zero-order valence-electron chi connectivity index (χ0n) is 19.1. The molecular formula is C23H27ClN8O2. The van der Waals surface area contributed by atoms with E-state index in [1.54, 1.807) is 15.6 Å². The van der Waals surface area contributed by atoms with Gasteiger partial charge in [-0.05, 0) is 31.9 Å². The molecule has 11 heteroatoms. The second-order valence-electron chi connectivity index (χ2n) is 9.45. The van der Waals surface area contributed by atoms with E-state index in [0.717, 1.165) is 31.3 Å². The van der Waals surface area contributed by atoms with Gasteiger partial charge in [0.15, 0.2) is 11.5 Å². The van der Waals surface area contributed by atoms with Crippen LogP contribution in [0.25, 0.3) is 27.8 Å². The molecule has 0 aliphatic carbocycles. The fraction of sp³-hybridized carbons (Fsp3) is 0.478. The molecule has 3 aromatic heterocycles. The first-order chi connectivity index (χ1) is 16.4. The van der Waals surface area contributed by atoms with Crippen LogP contribution in [0.4, 0.5) is 5.82 Å². The van der Waals surface area contributed by atoms with Gasteiger partial charge in [-0.1, -0.05) is 11.6 Å². The Hall–Kier alpha value is -2.79. The number of benzene rings is 1. The fourth-order valence-corrected chi connectivity index (χ4v) is 5.66. The minimum atomic E-state index is -0.224. The molecule has 2 fully saturated rings. The Morgan fingerprint density at radius 2 is 2.06 bits per heavy atom. The van der Waals surface area contributed by atoms with Crippen LogP contribution in [0, 0.1) is 5.41 Å². The molecule has 3 N–H and O–H groups in total. The number of aromatic nitrogens is 6. The molecule has 6 rings (SSSR count). The standard InChI is InChI=1S/C23H27ClN8O2/c1-13-20(25)23(12-34-13)5-7-31(8-6-23)21-16(11-33)28-22-15(27-21)9-26-32(22)17-4-3-14-10-30(2)29-19(14)18(17)24/h3-4,9-10,13,20,33H,5-8,11-12,25H2,1-2H3/t13-,20+/m0/s1. The van der Waals surface area contributed by atoms with E-state index in [0.29, 0.717) is 45.5 Å². The van der Waals surface area contributed by atoms with Crippen LogP contribution in [0.15, 0.2) is 24.5 Å². The molecule has 5 heterocycles. The number of nitrogens with two attached hydrogens (primary N) is 1. The Kier molecular flexibility index (Phi) is 5.03. The third-order valence-corrected chi connectivity index (χ3v) is 7.82. The molecule has 4 aromatic rings. The number of rotatable bonds is 3. The van der Waals surface area contributed by atoms with Crippen LogP contribution in [-0.4, -0.2) is 66.5 Å². The van der Waals surface area contributed by atoms with Gasteiger partial charge in [0.25, 0.3) is 0 Å². The molecule has 0 amide bonds. The summed E-state index contributed by atoms with van der Waals surface area (Å²) in [5.41, 5.74) is 9.54. The van der Waals surface area contributed by atoms with Crippen molar-refractivity contribution in [3.05, 3.63) is 35.2 Å². The van der Waals surface area contributed by atoms with Gasteiger partial charge in [-0.2, -0.15) is 10.2 Å². The minimum absolute atomic E-state index is 0.0125. The van der Waals surface area contributed by atoms with Crippen molar-refractivity contribution in [3.63, 3.8) is 0 Å². The van der Waals surface area contributed by atoms with Crippen LogP contribution in [0.5, 0.6) is 0 Å². The number of aliphatic hydroxyl groups is 1. The number of ether oxygens (including phenoxy) is 1. The number of aliphatic hydroxyl groups excluding tert-OH is 1. The lowest BCUT2D eigenvalue weighted by atomic mass is 9.73. The predicted octanol–water partition coefficient (Wildman–Crippen LogP) is 2.18. The number of aryl methyl sites for hydroxylation is 1. The number of hydrogen-bond donors (Lipinski definition) is 2. The Balaban J connectivity index is 1.35. The first kappa shape index (κ1) is 21.7. The maximum Gasteiger partial charge on any atom is 0.182 e. The molecule has 34 heavy (non-hydrogen) atoms. The van der Waals surface area contributed by atoms with E-state index >= 15 is 0 Å². The normalized spacial score (nSPS) is 22.4. The first-order valence-corrected chi connectivity index (χ1v) is 11.9. The second kappa shape index (κ2) is 7.88. The van der Waals surface area contributed by atoms with E-state index in [2.05, 4.69) is 15.1 Å². The van der Waals surface area contributed by atoms with Gasteiger partial charge in [0, 0.05) is 43.2 Å². The van der Waals surface area contributed by atoms with Crippen LogP contribution in [-0.2, 0) is 18.4 Å². The second-order valence-corrected chi connectivity index (χ2v) is 9.83. The van der Waals surface area contributed by atoms with Gasteiger partial charge < -0.3 is 20.5 Å². The Bertz CT molecular complexity index is 1390. The lowest BCUT2D eigenvalue weighted by Gasteiger charge is -2.41. The average Bonchev–Trinajstić information content (AvgIpc) is 3.51. The van der Waals surface area contributed by atoms with Crippen LogP contribution >= 0.6 is 11.6 Å². The number of fused-ring (bicyclic) bond motifs is 2. The fourth-order valence-electron chi connectivity index (χ4n) is 5.37. The summed E-state index contributed by atoms with van der Waals surface area (Å²) in [6.07, 6.45) is 5.51.